The number of anilines is 1. The SMILES string of the molecule is NC(=O)OC[C@@H]1[C@H](NC(=O)C(=NOCC(=O)N2CCCCCC2)c2csc(N)n2)C(=O)N1S(=O)(=O)O.[NaH]. The minimum atomic E-state index is -5.01. The minimum absolute atomic E-state index is 0. The van der Waals surface area contributed by atoms with Crippen LogP contribution in [0.4, 0.5) is 9.93 Å². The average molecular weight is 572 g/mol. The molecule has 0 radical (unpaired) electrons. The summed E-state index contributed by atoms with van der Waals surface area (Å²) in [4.78, 5) is 59.3. The maximum absolute atomic E-state index is 13.0. The number of ether oxygens (including phenoxy) is 1. The zero-order chi connectivity index (χ0) is 26.5. The van der Waals surface area contributed by atoms with Gasteiger partial charge in [-0.05, 0) is 12.8 Å². The second kappa shape index (κ2) is 13.3. The maximum atomic E-state index is 13.0. The van der Waals surface area contributed by atoms with Crippen LogP contribution in [0.25, 0.3) is 0 Å². The van der Waals surface area contributed by atoms with Gasteiger partial charge in [-0.15, -0.1) is 11.3 Å². The van der Waals surface area contributed by atoms with E-state index in [0.29, 0.717) is 13.1 Å². The van der Waals surface area contributed by atoms with Crippen LogP contribution in [0.2, 0.25) is 0 Å². The van der Waals surface area contributed by atoms with Crippen molar-refractivity contribution in [3.63, 3.8) is 0 Å². The van der Waals surface area contributed by atoms with E-state index < -0.39 is 59.2 Å². The van der Waals surface area contributed by atoms with Crippen LogP contribution >= 0.6 is 11.3 Å². The molecule has 16 nitrogen and oxygen atoms in total. The summed E-state index contributed by atoms with van der Waals surface area (Å²) in [6.07, 6.45) is 2.53. The van der Waals surface area contributed by atoms with Gasteiger partial charge in [0.15, 0.2) is 17.5 Å². The molecule has 6 N–H and O–H groups in total. The molecule has 3 heterocycles. The van der Waals surface area contributed by atoms with Gasteiger partial charge in [-0.2, -0.15) is 8.42 Å². The van der Waals surface area contributed by atoms with Gasteiger partial charge in [-0.3, -0.25) is 18.9 Å². The molecular weight excluding hydrogens is 545 g/mol. The van der Waals surface area contributed by atoms with Crippen molar-refractivity contribution in [3.8, 4) is 0 Å². The van der Waals surface area contributed by atoms with Crippen molar-refractivity contribution in [1.29, 1.82) is 0 Å². The average Bonchev–Trinajstić information content (AvgIpc) is 3.04. The molecular formula is C18H26N7NaO9S2. The summed E-state index contributed by atoms with van der Waals surface area (Å²) in [7, 11) is -5.01. The van der Waals surface area contributed by atoms with E-state index >= 15 is 0 Å². The molecule has 37 heavy (non-hydrogen) atoms. The molecule has 2 saturated heterocycles. The molecule has 0 unspecified atom stereocenters. The van der Waals surface area contributed by atoms with Crippen LogP contribution in [0.3, 0.4) is 0 Å². The number of oxime groups is 1. The zero-order valence-electron chi connectivity index (χ0n) is 18.9. The fourth-order valence-corrected chi connectivity index (χ4v) is 5.08. The molecule has 2 fully saturated rings. The third-order valence-corrected chi connectivity index (χ3v) is 7.00. The monoisotopic (exact) mass is 571 g/mol. The first-order valence-corrected chi connectivity index (χ1v) is 13.0. The number of carbonyl (C=O) groups excluding carboxylic acids is 4. The fourth-order valence-electron chi connectivity index (χ4n) is 3.67. The van der Waals surface area contributed by atoms with Gasteiger partial charge in [0.2, 0.25) is 0 Å². The van der Waals surface area contributed by atoms with Gasteiger partial charge in [0, 0.05) is 18.5 Å². The van der Waals surface area contributed by atoms with Crippen LogP contribution in [0.5, 0.6) is 0 Å². The number of hydrogen-bond donors (Lipinski definition) is 4. The van der Waals surface area contributed by atoms with E-state index in [1.807, 2.05) is 0 Å². The number of hydrogen-bond acceptors (Lipinski definition) is 12. The molecule has 0 aromatic carbocycles. The number of likely N-dealkylation sites (tertiary alicyclic amines) is 1. The zero-order valence-corrected chi connectivity index (χ0v) is 20.5. The number of nitrogens with zero attached hydrogens (tertiary/aromatic N) is 4. The number of nitrogen functional groups attached to an aromatic ring is 1. The number of aromatic nitrogens is 1. The van der Waals surface area contributed by atoms with Crippen molar-refractivity contribution >= 4 is 85.9 Å². The van der Waals surface area contributed by atoms with Crippen molar-refractivity contribution in [2.24, 2.45) is 10.9 Å². The predicted molar refractivity (Wildman–Crippen MR) is 131 cm³/mol. The number of nitrogens with one attached hydrogen (secondary N) is 1. The van der Waals surface area contributed by atoms with E-state index in [4.69, 9.17) is 16.3 Å². The number of amides is 4. The summed E-state index contributed by atoms with van der Waals surface area (Å²) in [6.45, 7) is -0.0114. The van der Waals surface area contributed by atoms with E-state index in [9.17, 15) is 32.1 Å². The van der Waals surface area contributed by atoms with Crippen molar-refractivity contribution in [2.45, 2.75) is 37.8 Å². The van der Waals surface area contributed by atoms with Crippen molar-refractivity contribution < 1.29 is 41.7 Å². The fraction of sp³-hybridized carbons (Fsp3) is 0.556. The van der Waals surface area contributed by atoms with E-state index in [-0.39, 0.29) is 50.6 Å². The van der Waals surface area contributed by atoms with Crippen LogP contribution in [0.15, 0.2) is 10.5 Å². The van der Waals surface area contributed by atoms with E-state index in [1.165, 1.54) is 5.38 Å². The topological polar surface area (TPSA) is 237 Å². The molecule has 2 atom stereocenters. The van der Waals surface area contributed by atoms with Gasteiger partial charge >= 0.3 is 46.0 Å². The van der Waals surface area contributed by atoms with E-state index in [1.54, 1.807) is 4.90 Å². The Balaban J connectivity index is 0.00000481. The molecule has 2 aliphatic rings. The first-order valence-electron chi connectivity index (χ1n) is 10.7. The molecule has 1 aromatic rings. The van der Waals surface area contributed by atoms with Crippen molar-refractivity contribution in [3.05, 3.63) is 11.1 Å². The summed E-state index contributed by atoms with van der Waals surface area (Å²) in [6, 6.07) is -3.00. The van der Waals surface area contributed by atoms with Crippen LogP contribution in [0, 0.1) is 0 Å². The Kier molecular flexibility index (Phi) is 11.1. The molecule has 4 amide bonds. The Morgan fingerprint density at radius 1 is 1.24 bits per heavy atom. The third-order valence-electron chi connectivity index (χ3n) is 5.38. The molecule has 2 aliphatic heterocycles. The number of primary amides is 1. The standard InChI is InChI=1S/C18H25N7O9S2.Na.H/c19-17-21-10(9-35-17)13(23-34-8-12(26)24-5-3-1-2-4-6-24)15(27)22-14-11(7-33-18(20)29)25(16(14)28)36(30,31)32;;/h9,11,14H,1-8H2,(H2,19,21)(H2,20,29)(H,22,27)(H,30,31,32);;/t11-,14+;;/m1../s1. The van der Waals surface area contributed by atoms with Crippen molar-refractivity contribution in [2.75, 3.05) is 32.0 Å². The Morgan fingerprint density at radius 3 is 2.43 bits per heavy atom. The van der Waals surface area contributed by atoms with Crippen LogP contribution in [0.1, 0.15) is 31.4 Å². The number of carbonyl (C=O) groups is 4. The molecule has 0 spiro atoms. The second-order valence-corrected chi connectivity index (χ2v) is 10.0. The number of thiazole rings is 1. The quantitative estimate of drug-likeness (QED) is 0.0815. The van der Waals surface area contributed by atoms with Crippen LogP contribution < -0.4 is 16.8 Å². The molecule has 0 saturated carbocycles. The molecule has 1 aromatic heterocycles. The molecule has 3 rings (SSSR count). The summed E-state index contributed by atoms with van der Waals surface area (Å²) in [5, 5.41) is 7.43. The van der Waals surface area contributed by atoms with Gasteiger partial charge in [-0.1, -0.05) is 18.0 Å². The van der Waals surface area contributed by atoms with Crippen LogP contribution in [-0.4, -0.2) is 125 Å². The second-order valence-electron chi connectivity index (χ2n) is 7.84. The number of β-lactam (4-membered cyclic amide) rings is 1. The van der Waals surface area contributed by atoms with Crippen molar-refractivity contribution in [1.82, 2.24) is 19.5 Å². The Hall–Kier alpha value is -2.51. The Bertz CT molecular complexity index is 1150. The summed E-state index contributed by atoms with van der Waals surface area (Å²) >= 11 is 0.986. The third kappa shape index (κ3) is 7.99. The molecule has 200 valence electrons. The molecule has 19 heteroatoms. The molecule has 0 bridgehead atoms. The number of rotatable bonds is 9. The van der Waals surface area contributed by atoms with E-state index in [2.05, 4.69) is 20.2 Å². The van der Waals surface area contributed by atoms with Gasteiger partial charge in [0.25, 0.3) is 17.7 Å². The summed E-state index contributed by atoms with van der Waals surface area (Å²) in [5.74, 6) is -2.54. The van der Waals surface area contributed by atoms with Gasteiger partial charge in [0.05, 0.1) is 0 Å². The first kappa shape index (κ1) is 30.7. The first-order chi connectivity index (χ1) is 17.0. The normalized spacial score (nSPS) is 20.2. The van der Waals surface area contributed by atoms with Gasteiger partial charge < -0.3 is 31.3 Å². The summed E-state index contributed by atoms with van der Waals surface area (Å²) in [5.41, 5.74) is 10.0. The predicted octanol–water partition coefficient (Wildman–Crippen LogP) is -2.21. The number of nitrogens with two attached hydrogens (primary N) is 2. The Labute approximate surface area is 237 Å². The molecule has 0 aliphatic carbocycles. The van der Waals surface area contributed by atoms with Gasteiger partial charge in [-0.25, -0.2) is 14.1 Å². The summed E-state index contributed by atoms with van der Waals surface area (Å²) < 4.78 is 36.8. The van der Waals surface area contributed by atoms with Gasteiger partial charge in [0.1, 0.15) is 24.4 Å². The Morgan fingerprint density at radius 2 is 1.89 bits per heavy atom. The van der Waals surface area contributed by atoms with E-state index in [0.717, 1.165) is 37.0 Å². The van der Waals surface area contributed by atoms with Crippen LogP contribution in [-0.2, 0) is 34.3 Å².